The van der Waals surface area contributed by atoms with Crippen molar-refractivity contribution in [3.8, 4) is 11.5 Å². The maximum Gasteiger partial charge on any atom is 0.363 e. The van der Waals surface area contributed by atoms with Gasteiger partial charge in [0.25, 0.3) is 5.69 Å². The van der Waals surface area contributed by atoms with Crippen LogP contribution >= 0.6 is 22.9 Å². The van der Waals surface area contributed by atoms with Crippen LogP contribution in [0.25, 0.3) is 16.2 Å². The van der Waals surface area contributed by atoms with E-state index in [1.807, 2.05) is 30.3 Å². The standard InChI is InChI=1S/C28H19ClN2O7S/c1-2-36-22-13-17(8-11-21(22)37-24(32)14-16-6-4-3-5-7-16)12-20-28(33)38-27(30-20)26-25(29)19-10-9-18(31(34)35)15-23(19)39-26/h3-13,15H,2,14H2,1H3/b20-12+. The number of cyclic esters (lactones) is 1. The second kappa shape index (κ2) is 11.1. The number of hydrogen-bond donors (Lipinski definition) is 0. The van der Waals surface area contributed by atoms with E-state index in [2.05, 4.69) is 4.99 Å². The summed E-state index contributed by atoms with van der Waals surface area (Å²) in [5.41, 5.74) is 1.35. The number of carbonyl (C=O) groups is 2. The first-order chi connectivity index (χ1) is 18.8. The number of non-ortho nitro benzene ring substituents is 1. The summed E-state index contributed by atoms with van der Waals surface area (Å²) < 4.78 is 17.1. The van der Waals surface area contributed by atoms with Crippen LogP contribution in [0.1, 0.15) is 22.9 Å². The number of halogens is 1. The summed E-state index contributed by atoms with van der Waals surface area (Å²) in [7, 11) is 0. The molecule has 2 heterocycles. The molecule has 3 aromatic carbocycles. The molecule has 0 amide bonds. The van der Waals surface area contributed by atoms with Crippen molar-refractivity contribution in [1.82, 2.24) is 0 Å². The molecule has 9 nitrogen and oxygen atoms in total. The predicted octanol–water partition coefficient (Wildman–Crippen LogP) is 6.35. The number of aliphatic imine (C=N–C) groups is 1. The molecular weight excluding hydrogens is 544 g/mol. The molecule has 1 aromatic heterocycles. The molecule has 1 aliphatic rings. The summed E-state index contributed by atoms with van der Waals surface area (Å²) in [5, 5.41) is 12.0. The Labute approximate surface area is 231 Å². The molecule has 39 heavy (non-hydrogen) atoms. The average molecular weight is 563 g/mol. The van der Waals surface area contributed by atoms with E-state index in [4.69, 9.17) is 25.8 Å². The van der Waals surface area contributed by atoms with Crippen LogP contribution in [0, 0.1) is 10.1 Å². The minimum absolute atomic E-state index is 0.0107. The summed E-state index contributed by atoms with van der Waals surface area (Å²) in [6.45, 7) is 2.13. The topological polar surface area (TPSA) is 117 Å². The predicted molar refractivity (Wildman–Crippen MR) is 147 cm³/mol. The van der Waals surface area contributed by atoms with Crippen LogP contribution in [0.4, 0.5) is 5.69 Å². The lowest BCUT2D eigenvalue weighted by Gasteiger charge is -2.11. The molecule has 0 bridgehead atoms. The second-order valence-electron chi connectivity index (χ2n) is 8.29. The SMILES string of the molecule is CCOc1cc(/C=C2/N=C(c3sc4cc([N+](=O)[O-])ccc4c3Cl)OC2=O)ccc1OC(=O)Cc1ccccc1. The van der Waals surface area contributed by atoms with E-state index in [0.717, 1.165) is 16.9 Å². The highest BCUT2D eigenvalue weighted by Gasteiger charge is 2.28. The Kier molecular flexibility index (Phi) is 7.40. The number of rotatable bonds is 8. The third-order valence-electron chi connectivity index (χ3n) is 5.62. The molecule has 0 spiro atoms. The fraction of sp³-hybridized carbons (Fsp3) is 0.107. The smallest absolute Gasteiger partial charge is 0.363 e. The Morgan fingerprint density at radius 3 is 2.67 bits per heavy atom. The zero-order chi connectivity index (χ0) is 27.5. The molecule has 0 saturated heterocycles. The van der Waals surface area contributed by atoms with Crippen LogP contribution < -0.4 is 9.47 Å². The van der Waals surface area contributed by atoms with Gasteiger partial charge in [0.2, 0.25) is 5.90 Å². The number of carbonyl (C=O) groups excluding carboxylic acids is 2. The number of ether oxygens (including phenoxy) is 3. The van der Waals surface area contributed by atoms with Gasteiger partial charge in [0.05, 0.1) is 23.0 Å². The fourth-order valence-electron chi connectivity index (χ4n) is 3.86. The van der Waals surface area contributed by atoms with Crippen molar-refractivity contribution < 1.29 is 28.7 Å². The normalized spacial score (nSPS) is 13.8. The first-order valence-corrected chi connectivity index (χ1v) is 12.9. The quantitative estimate of drug-likeness (QED) is 0.0806. The van der Waals surface area contributed by atoms with E-state index in [1.54, 1.807) is 31.2 Å². The van der Waals surface area contributed by atoms with Gasteiger partial charge in [-0.05, 0) is 42.3 Å². The van der Waals surface area contributed by atoms with E-state index < -0.39 is 16.9 Å². The lowest BCUT2D eigenvalue weighted by molar-refractivity contribution is -0.384. The summed E-state index contributed by atoms with van der Waals surface area (Å²) in [4.78, 5) is 40.4. The van der Waals surface area contributed by atoms with Crippen LogP contribution in [0.3, 0.4) is 0 Å². The van der Waals surface area contributed by atoms with Crippen molar-refractivity contribution in [2.24, 2.45) is 4.99 Å². The molecule has 5 rings (SSSR count). The van der Waals surface area contributed by atoms with Crippen molar-refractivity contribution >= 4 is 62.6 Å². The summed E-state index contributed by atoms with van der Waals surface area (Å²) in [6.07, 6.45) is 1.62. The lowest BCUT2D eigenvalue weighted by atomic mass is 10.1. The van der Waals surface area contributed by atoms with Gasteiger partial charge in [0.15, 0.2) is 17.2 Å². The van der Waals surface area contributed by atoms with E-state index in [0.29, 0.717) is 32.9 Å². The van der Waals surface area contributed by atoms with Crippen molar-refractivity contribution in [1.29, 1.82) is 0 Å². The third-order valence-corrected chi connectivity index (χ3v) is 7.27. The van der Waals surface area contributed by atoms with Crippen molar-refractivity contribution in [3.63, 3.8) is 0 Å². The number of esters is 2. The first kappa shape index (κ1) is 26.1. The van der Waals surface area contributed by atoms with Crippen molar-refractivity contribution in [3.05, 3.63) is 104 Å². The minimum atomic E-state index is -0.680. The van der Waals surface area contributed by atoms with Gasteiger partial charge in [-0.15, -0.1) is 11.3 Å². The molecule has 4 aromatic rings. The van der Waals surface area contributed by atoms with E-state index in [-0.39, 0.29) is 34.5 Å². The van der Waals surface area contributed by atoms with Crippen LogP contribution in [0.5, 0.6) is 11.5 Å². The summed E-state index contributed by atoms with van der Waals surface area (Å²) in [5.74, 6) is -0.521. The zero-order valence-corrected chi connectivity index (χ0v) is 22.0. The summed E-state index contributed by atoms with van der Waals surface area (Å²) in [6, 6.07) is 18.4. The Morgan fingerprint density at radius 2 is 1.92 bits per heavy atom. The highest BCUT2D eigenvalue weighted by molar-refractivity contribution is 7.21. The Morgan fingerprint density at radius 1 is 1.13 bits per heavy atom. The van der Waals surface area contributed by atoms with Gasteiger partial charge < -0.3 is 14.2 Å². The van der Waals surface area contributed by atoms with Gasteiger partial charge in [-0.3, -0.25) is 14.9 Å². The number of fused-ring (bicyclic) bond motifs is 1. The van der Waals surface area contributed by atoms with Crippen LogP contribution in [0.2, 0.25) is 5.02 Å². The number of nitro benzene ring substituents is 1. The number of hydrogen-bond acceptors (Lipinski definition) is 9. The van der Waals surface area contributed by atoms with Gasteiger partial charge in [0, 0.05) is 22.2 Å². The number of nitrogens with zero attached hydrogens (tertiary/aromatic N) is 2. The van der Waals surface area contributed by atoms with Gasteiger partial charge >= 0.3 is 11.9 Å². The van der Waals surface area contributed by atoms with Gasteiger partial charge in [-0.2, -0.15) is 0 Å². The highest BCUT2D eigenvalue weighted by atomic mass is 35.5. The van der Waals surface area contributed by atoms with Gasteiger partial charge in [0.1, 0.15) is 4.88 Å². The van der Waals surface area contributed by atoms with Crippen LogP contribution in [0.15, 0.2) is 77.4 Å². The Bertz CT molecular complexity index is 1680. The molecule has 11 heteroatoms. The Balaban J connectivity index is 1.40. The van der Waals surface area contributed by atoms with Crippen LogP contribution in [-0.4, -0.2) is 29.4 Å². The number of thiophene rings is 1. The monoisotopic (exact) mass is 562 g/mol. The number of benzene rings is 3. The molecule has 0 N–H and O–H groups in total. The molecule has 196 valence electrons. The van der Waals surface area contributed by atoms with Gasteiger partial charge in [-0.25, -0.2) is 9.79 Å². The second-order valence-corrected chi connectivity index (χ2v) is 9.72. The molecular formula is C28H19ClN2O7S. The molecule has 0 radical (unpaired) electrons. The summed E-state index contributed by atoms with van der Waals surface area (Å²) >= 11 is 7.62. The van der Waals surface area contributed by atoms with E-state index in [9.17, 15) is 19.7 Å². The fourth-order valence-corrected chi connectivity index (χ4v) is 5.33. The largest absolute Gasteiger partial charge is 0.490 e. The maximum absolute atomic E-state index is 12.6. The molecule has 0 fully saturated rings. The zero-order valence-electron chi connectivity index (χ0n) is 20.4. The van der Waals surface area contributed by atoms with E-state index in [1.165, 1.54) is 18.2 Å². The molecule has 0 aliphatic carbocycles. The molecule has 0 saturated carbocycles. The molecule has 0 atom stereocenters. The first-order valence-electron chi connectivity index (χ1n) is 11.7. The molecule has 0 unspecified atom stereocenters. The number of nitro groups is 1. The molecule has 1 aliphatic heterocycles. The van der Waals surface area contributed by atoms with Crippen molar-refractivity contribution in [2.75, 3.05) is 6.61 Å². The van der Waals surface area contributed by atoms with E-state index >= 15 is 0 Å². The van der Waals surface area contributed by atoms with Crippen molar-refractivity contribution in [2.45, 2.75) is 13.3 Å². The average Bonchev–Trinajstić information content (AvgIpc) is 3.44. The maximum atomic E-state index is 12.6. The minimum Gasteiger partial charge on any atom is -0.490 e. The van der Waals surface area contributed by atoms with Gasteiger partial charge in [-0.1, -0.05) is 48.0 Å². The highest BCUT2D eigenvalue weighted by Crippen LogP contribution is 2.39. The third kappa shape index (κ3) is 5.66. The van der Waals surface area contributed by atoms with Crippen LogP contribution in [-0.2, 0) is 20.7 Å². The lowest BCUT2D eigenvalue weighted by Crippen LogP contribution is -2.12. The Hall–Kier alpha value is -4.54.